The van der Waals surface area contributed by atoms with Crippen molar-refractivity contribution in [2.75, 3.05) is 23.8 Å². The highest BCUT2D eigenvalue weighted by Crippen LogP contribution is 2.23. The normalized spacial score (nSPS) is 11.0. The summed E-state index contributed by atoms with van der Waals surface area (Å²) in [6.45, 7) is 0.491. The maximum atomic E-state index is 12.9. The number of hydrogen-bond donors (Lipinski definition) is 2. The van der Waals surface area contributed by atoms with Crippen molar-refractivity contribution in [1.29, 1.82) is 0 Å². The van der Waals surface area contributed by atoms with E-state index in [-0.39, 0.29) is 27.8 Å². The molecule has 0 aliphatic carbocycles. The summed E-state index contributed by atoms with van der Waals surface area (Å²) in [4.78, 5) is 24.8. The Kier molecular flexibility index (Phi) is 7.75. The van der Waals surface area contributed by atoms with E-state index in [9.17, 15) is 18.0 Å². The van der Waals surface area contributed by atoms with E-state index >= 15 is 0 Å². The molecule has 0 aromatic heterocycles. The van der Waals surface area contributed by atoms with Crippen molar-refractivity contribution >= 4 is 33.1 Å². The number of benzene rings is 3. The summed E-state index contributed by atoms with van der Waals surface area (Å²) in [5.41, 5.74) is 1.40. The second-order valence-electron chi connectivity index (χ2n) is 7.02. The monoisotopic (exact) mass is 452 g/mol. The van der Waals surface area contributed by atoms with Crippen LogP contribution in [0, 0.1) is 0 Å². The van der Waals surface area contributed by atoms with Crippen LogP contribution in [0.15, 0.2) is 83.8 Å². The Morgan fingerprint density at radius 3 is 2.22 bits per heavy atom. The Bertz CT molecular complexity index is 1180. The predicted octanol–water partition coefficient (Wildman–Crippen LogP) is 4.08. The molecular weight excluding hydrogens is 428 g/mol. The SMILES string of the molecule is COCCCC(=O)Nc1ccc(S(=O)(=O)Nc2ccccc2C(=O)c2ccccc2)cc1. The third-order valence-corrected chi connectivity index (χ3v) is 6.03. The summed E-state index contributed by atoms with van der Waals surface area (Å²) < 4.78 is 33.2. The minimum Gasteiger partial charge on any atom is -0.385 e. The van der Waals surface area contributed by atoms with Crippen molar-refractivity contribution < 1.29 is 22.7 Å². The summed E-state index contributed by atoms with van der Waals surface area (Å²) in [7, 11) is -2.38. The maximum Gasteiger partial charge on any atom is 0.261 e. The molecule has 0 fully saturated rings. The van der Waals surface area contributed by atoms with Gasteiger partial charge in [0.2, 0.25) is 5.91 Å². The number of sulfonamides is 1. The molecule has 7 nitrogen and oxygen atoms in total. The second-order valence-corrected chi connectivity index (χ2v) is 8.70. The van der Waals surface area contributed by atoms with Gasteiger partial charge in [0, 0.05) is 37.0 Å². The number of para-hydroxylation sites is 1. The zero-order valence-corrected chi connectivity index (χ0v) is 18.4. The molecule has 0 saturated carbocycles. The first-order valence-corrected chi connectivity index (χ1v) is 11.5. The third kappa shape index (κ3) is 6.03. The number of amides is 1. The Balaban J connectivity index is 1.74. The number of hydrogen-bond acceptors (Lipinski definition) is 5. The van der Waals surface area contributed by atoms with Crippen LogP contribution in [-0.4, -0.2) is 33.8 Å². The van der Waals surface area contributed by atoms with Crippen LogP contribution in [0.1, 0.15) is 28.8 Å². The average Bonchev–Trinajstić information content (AvgIpc) is 2.80. The van der Waals surface area contributed by atoms with Gasteiger partial charge in [-0.15, -0.1) is 0 Å². The minimum atomic E-state index is -3.95. The van der Waals surface area contributed by atoms with E-state index in [1.165, 1.54) is 24.3 Å². The van der Waals surface area contributed by atoms with E-state index in [1.807, 2.05) is 0 Å². The first kappa shape index (κ1) is 23.2. The standard InChI is InChI=1S/C24H24N2O5S/c1-31-17-7-12-23(27)25-19-13-15-20(16-14-19)32(29,30)26-22-11-6-5-10-21(22)24(28)18-8-3-2-4-9-18/h2-6,8-11,13-16,26H,7,12,17H2,1H3,(H,25,27). The molecule has 0 saturated heterocycles. The van der Waals surface area contributed by atoms with E-state index in [0.29, 0.717) is 30.7 Å². The molecule has 32 heavy (non-hydrogen) atoms. The highest BCUT2D eigenvalue weighted by atomic mass is 32.2. The highest BCUT2D eigenvalue weighted by molar-refractivity contribution is 7.92. The smallest absolute Gasteiger partial charge is 0.261 e. The number of carbonyl (C=O) groups is 2. The largest absolute Gasteiger partial charge is 0.385 e. The van der Waals surface area contributed by atoms with Crippen molar-refractivity contribution in [3.05, 3.63) is 90.0 Å². The van der Waals surface area contributed by atoms with Crippen LogP contribution in [0.25, 0.3) is 0 Å². The van der Waals surface area contributed by atoms with Gasteiger partial charge in [-0.1, -0.05) is 42.5 Å². The quantitative estimate of drug-likeness (QED) is 0.356. The molecule has 1 amide bonds. The third-order valence-electron chi connectivity index (χ3n) is 4.65. The zero-order valence-electron chi connectivity index (χ0n) is 17.6. The molecule has 0 spiro atoms. The van der Waals surface area contributed by atoms with Crippen LogP contribution in [0.3, 0.4) is 0 Å². The number of rotatable bonds is 10. The van der Waals surface area contributed by atoms with Crippen molar-refractivity contribution in [2.45, 2.75) is 17.7 Å². The maximum absolute atomic E-state index is 12.9. The van der Waals surface area contributed by atoms with Gasteiger partial charge in [0.15, 0.2) is 5.78 Å². The zero-order chi connectivity index (χ0) is 23.0. The Labute approximate surface area is 187 Å². The lowest BCUT2D eigenvalue weighted by atomic mass is 10.0. The van der Waals surface area contributed by atoms with Crippen molar-refractivity contribution in [3.8, 4) is 0 Å². The van der Waals surface area contributed by atoms with Crippen LogP contribution in [-0.2, 0) is 19.6 Å². The van der Waals surface area contributed by atoms with Gasteiger partial charge in [-0.3, -0.25) is 14.3 Å². The lowest BCUT2D eigenvalue weighted by Gasteiger charge is -2.13. The second kappa shape index (κ2) is 10.7. The Morgan fingerprint density at radius 1 is 0.875 bits per heavy atom. The Hall–Kier alpha value is -3.49. The first-order chi connectivity index (χ1) is 15.4. The summed E-state index contributed by atoms with van der Waals surface area (Å²) in [6.07, 6.45) is 0.904. The van der Waals surface area contributed by atoms with Crippen LogP contribution in [0.2, 0.25) is 0 Å². The number of anilines is 2. The molecule has 0 atom stereocenters. The van der Waals surface area contributed by atoms with Crippen LogP contribution in [0.4, 0.5) is 11.4 Å². The molecule has 0 unspecified atom stereocenters. The summed E-state index contributed by atoms with van der Waals surface area (Å²) in [6, 6.07) is 20.9. The van der Waals surface area contributed by atoms with Gasteiger partial charge in [-0.25, -0.2) is 8.42 Å². The molecule has 3 rings (SSSR count). The molecule has 3 aromatic rings. The topological polar surface area (TPSA) is 102 Å². The predicted molar refractivity (Wildman–Crippen MR) is 123 cm³/mol. The van der Waals surface area contributed by atoms with Crippen LogP contribution < -0.4 is 10.0 Å². The fourth-order valence-electron chi connectivity index (χ4n) is 3.04. The summed E-state index contributed by atoms with van der Waals surface area (Å²) >= 11 is 0. The van der Waals surface area contributed by atoms with Crippen molar-refractivity contribution in [2.24, 2.45) is 0 Å². The number of methoxy groups -OCH3 is 1. The van der Waals surface area contributed by atoms with Gasteiger partial charge in [0.1, 0.15) is 0 Å². The molecule has 0 heterocycles. The lowest BCUT2D eigenvalue weighted by Crippen LogP contribution is -2.16. The van der Waals surface area contributed by atoms with Gasteiger partial charge < -0.3 is 10.1 Å². The molecule has 0 aliphatic heterocycles. The molecule has 0 bridgehead atoms. The fraction of sp³-hybridized carbons (Fsp3) is 0.167. The lowest BCUT2D eigenvalue weighted by molar-refractivity contribution is -0.116. The summed E-state index contributed by atoms with van der Waals surface area (Å²) in [5, 5.41) is 2.72. The molecule has 3 aromatic carbocycles. The Morgan fingerprint density at radius 2 is 1.53 bits per heavy atom. The minimum absolute atomic E-state index is 0.0110. The van der Waals surface area contributed by atoms with Crippen LogP contribution in [0.5, 0.6) is 0 Å². The van der Waals surface area contributed by atoms with E-state index in [0.717, 1.165) is 0 Å². The molecule has 0 aliphatic rings. The molecule has 0 radical (unpaired) electrons. The average molecular weight is 453 g/mol. The molecule has 8 heteroatoms. The highest BCUT2D eigenvalue weighted by Gasteiger charge is 2.19. The van der Waals surface area contributed by atoms with Gasteiger partial charge >= 0.3 is 0 Å². The van der Waals surface area contributed by atoms with Gasteiger partial charge in [0.05, 0.1) is 10.6 Å². The number of nitrogens with one attached hydrogen (secondary N) is 2. The van der Waals surface area contributed by atoms with Gasteiger partial charge in [-0.05, 0) is 42.8 Å². The fourth-order valence-corrected chi connectivity index (χ4v) is 4.12. The van der Waals surface area contributed by atoms with E-state index in [2.05, 4.69) is 10.0 Å². The van der Waals surface area contributed by atoms with E-state index < -0.39 is 10.0 Å². The van der Waals surface area contributed by atoms with Gasteiger partial charge in [-0.2, -0.15) is 0 Å². The van der Waals surface area contributed by atoms with E-state index in [1.54, 1.807) is 61.7 Å². The molecular formula is C24H24N2O5S. The van der Waals surface area contributed by atoms with Crippen molar-refractivity contribution in [1.82, 2.24) is 0 Å². The number of ether oxygens (including phenoxy) is 1. The first-order valence-electron chi connectivity index (χ1n) is 10.0. The molecule has 2 N–H and O–H groups in total. The van der Waals surface area contributed by atoms with Crippen LogP contribution >= 0.6 is 0 Å². The number of carbonyl (C=O) groups excluding carboxylic acids is 2. The number of ketones is 1. The van der Waals surface area contributed by atoms with Crippen molar-refractivity contribution in [3.63, 3.8) is 0 Å². The van der Waals surface area contributed by atoms with E-state index in [4.69, 9.17) is 4.74 Å². The summed E-state index contributed by atoms with van der Waals surface area (Å²) in [5.74, 6) is -0.459. The molecule has 166 valence electrons. The van der Waals surface area contributed by atoms with Gasteiger partial charge in [0.25, 0.3) is 10.0 Å².